The third-order valence-electron chi connectivity index (χ3n) is 2.62. The lowest BCUT2D eigenvalue weighted by Gasteiger charge is -2.11. The fraction of sp³-hybridized carbons (Fsp3) is 0.0769. The van der Waals surface area contributed by atoms with E-state index < -0.39 is 0 Å². The normalized spacial score (nSPS) is 10.3. The lowest BCUT2D eigenvalue weighted by molar-refractivity contribution is 0.103. The number of aliphatic hydroxyl groups is 1. The molecular weight excluding hydrogens is 252 g/mol. The molecular formula is C13H11ClN2O2. The van der Waals surface area contributed by atoms with Crippen molar-refractivity contribution >= 4 is 23.1 Å². The maximum absolute atomic E-state index is 12.3. The van der Waals surface area contributed by atoms with Gasteiger partial charge in [-0.25, -0.2) is 0 Å². The van der Waals surface area contributed by atoms with Gasteiger partial charge in [0.25, 0.3) is 0 Å². The van der Waals surface area contributed by atoms with Gasteiger partial charge in [0.15, 0.2) is 5.78 Å². The highest BCUT2D eigenvalue weighted by atomic mass is 35.5. The lowest BCUT2D eigenvalue weighted by Crippen LogP contribution is -2.10. The number of anilines is 1. The number of halogens is 1. The van der Waals surface area contributed by atoms with E-state index >= 15 is 0 Å². The fourth-order valence-electron chi connectivity index (χ4n) is 1.71. The van der Waals surface area contributed by atoms with Crippen LogP contribution in [0.15, 0.2) is 36.7 Å². The number of nitrogens with two attached hydrogens (primary N) is 1. The number of aromatic nitrogens is 1. The fourth-order valence-corrected chi connectivity index (χ4v) is 1.93. The zero-order valence-corrected chi connectivity index (χ0v) is 10.2. The average Bonchev–Trinajstić information content (AvgIpc) is 2.41. The molecule has 0 atom stereocenters. The number of carbonyl (C=O) groups is 1. The summed E-state index contributed by atoms with van der Waals surface area (Å²) in [5.74, 6) is -0.276. The monoisotopic (exact) mass is 262 g/mol. The van der Waals surface area contributed by atoms with Crippen LogP contribution in [-0.2, 0) is 6.61 Å². The van der Waals surface area contributed by atoms with Gasteiger partial charge in [-0.3, -0.25) is 9.78 Å². The zero-order valence-electron chi connectivity index (χ0n) is 9.43. The van der Waals surface area contributed by atoms with Gasteiger partial charge in [0.1, 0.15) is 0 Å². The number of hydrogen-bond acceptors (Lipinski definition) is 4. The first-order valence-corrected chi connectivity index (χ1v) is 5.65. The molecule has 0 saturated heterocycles. The molecule has 0 bridgehead atoms. The number of hydrogen-bond donors (Lipinski definition) is 2. The van der Waals surface area contributed by atoms with Gasteiger partial charge in [-0.2, -0.15) is 0 Å². The molecule has 1 heterocycles. The van der Waals surface area contributed by atoms with Crippen molar-refractivity contribution in [3.8, 4) is 0 Å². The minimum absolute atomic E-state index is 0.246. The van der Waals surface area contributed by atoms with Crippen molar-refractivity contribution in [3.63, 3.8) is 0 Å². The third kappa shape index (κ3) is 2.20. The largest absolute Gasteiger partial charge is 0.398 e. The van der Waals surface area contributed by atoms with Gasteiger partial charge in [0, 0.05) is 34.2 Å². The summed E-state index contributed by atoms with van der Waals surface area (Å²) in [4.78, 5) is 16.2. The number of benzene rings is 1. The Bertz CT molecular complexity index is 585. The van der Waals surface area contributed by atoms with Crippen LogP contribution in [0.3, 0.4) is 0 Å². The number of ketones is 1. The zero-order chi connectivity index (χ0) is 13.1. The van der Waals surface area contributed by atoms with Crippen molar-refractivity contribution in [1.82, 2.24) is 4.98 Å². The van der Waals surface area contributed by atoms with Crippen LogP contribution in [0.25, 0.3) is 0 Å². The molecule has 92 valence electrons. The quantitative estimate of drug-likeness (QED) is 0.656. The van der Waals surface area contributed by atoms with Gasteiger partial charge in [0.2, 0.25) is 0 Å². The molecule has 18 heavy (non-hydrogen) atoms. The summed E-state index contributed by atoms with van der Waals surface area (Å²) >= 11 is 5.95. The highest BCUT2D eigenvalue weighted by Crippen LogP contribution is 2.27. The van der Waals surface area contributed by atoms with Gasteiger partial charge in [-0.15, -0.1) is 0 Å². The third-order valence-corrected chi connectivity index (χ3v) is 2.97. The van der Waals surface area contributed by atoms with E-state index in [1.54, 1.807) is 24.3 Å². The smallest absolute Gasteiger partial charge is 0.195 e. The lowest BCUT2D eigenvalue weighted by atomic mass is 9.97. The van der Waals surface area contributed by atoms with Gasteiger partial charge in [-0.05, 0) is 24.3 Å². The van der Waals surface area contributed by atoms with Crippen LogP contribution in [0.5, 0.6) is 0 Å². The van der Waals surface area contributed by atoms with E-state index in [2.05, 4.69) is 4.98 Å². The maximum atomic E-state index is 12.3. The Morgan fingerprint density at radius 3 is 2.56 bits per heavy atom. The molecule has 0 aliphatic rings. The number of carbonyl (C=O) groups excluding carboxylic acids is 1. The predicted octanol–water partition coefficient (Wildman–Crippen LogP) is 2.04. The summed E-state index contributed by atoms with van der Waals surface area (Å²) in [5.41, 5.74) is 7.14. The molecule has 0 spiro atoms. The highest BCUT2D eigenvalue weighted by molar-refractivity contribution is 6.32. The van der Waals surface area contributed by atoms with Crippen molar-refractivity contribution in [3.05, 3.63) is 58.4 Å². The topological polar surface area (TPSA) is 76.2 Å². The predicted molar refractivity (Wildman–Crippen MR) is 69.5 cm³/mol. The van der Waals surface area contributed by atoms with E-state index in [1.165, 1.54) is 12.4 Å². The Kier molecular flexibility index (Phi) is 3.60. The second-order valence-electron chi connectivity index (χ2n) is 3.71. The Morgan fingerprint density at radius 2 is 1.94 bits per heavy atom. The van der Waals surface area contributed by atoms with E-state index in [4.69, 9.17) is 17.3 Å². The molecule has 1 aromatic heterocycles. The molecule has 0 fully saturated rings. The first kappa shape index (κ1) is 12.5. The Labute approximate surface area is 109 Å². The number of pyridine rings is 1. The first-order chi connectivity index (χ1) is 8.65. The summed E-state index contributed by atoms with van der Waals surface area (Å²) in [6, 6.07) is 6.29. The number of nitrogens with zero attached hydrogens (tertiary/aromatic N) is 1. The number of aliphatic hydroxyl groups excluding tert-OH is 1. The van der Waals surface area contributed by atoms with Crippen molar-refractivity contribution in [2.45, 2.75) is 6.61 Å². The summed E-state index contributed by atoms with van der Waals surface area (Å²) in [6.45, 7) is -0.337. The van der Waals surface area contributed by atoms with Gasteiger partial charge in [0.05, 0.1) is 12.2 Å². The Morgan fingerprint density at radius 1 is 1.28 bits per heavy atom. The van der Waals surface area contributed by atoms with Crippen LogP contribution in [0.1, 0.15) is 21.5 Å². The van der Waals surface area contributed by atoms with Crippen LogP contribution in [0.4, 0.5) is 5.69 Å². The standard InChI is InChI=1S/C13H11ClN2O2/c14-10-1-2-11(15)12(9(10)7-17)13(18)8-3-5-16-6-4-8/h1-6,17H,7,15H2. The SMILES string of the molecule is Nc1ccc(Cl)c(CO)c1C(=O)c1ccncc1. The van der Waals surface area contributed by atoms with Crippen molar-refractivity contribution < 1.29 is 9.90 Å². The highest BCUT2D eigenvalue weighted by Gasteiger charge is 2.18. The maximum Gasteiger partial charge on any atom is 0.195 e. The molecule has 5 heteroatoms. The Hall–Kier alpha value is -1.91. The molecule has 0 unspecified atom stereocenters. The van der Waals surface area contributed by atoms with Crippen LogP contribution in [0, 0.1) is 0 Å². The van der Waals surface area contributed by atoms with Gasteiger partial charge >= 0.3 is 0 Å². The van der Waals surface area contributed by atoms with E-state index in [-0.39, 0.29) is 18.0 Å². The van der Waals surface area contributed by atoms with E-state index in [1.807, 2.05) is 0 Å². The molecule has 4 nitrogen and oxygen atoms in total. The van der Waals surface area contributed by atoms with Crippen molar-refractivity contribution in [2.24, 2.45) is 0 Å². The molecule has 3 N–H and O–H groups in total. The van der Waals surface area contributed by atoms with E-state index in [9.17, 15) is 9.90 Å². The summed E-state index contributed by atoms with van der Waals surface area (Å²) in [6.07, 6.45) is 3.04. The number of nitrogen functional groups attached to an aromatic ring is 1. The van der Waals surface area contributed by atoms with Crippen LogP contribution in [0.2, 0.25) is 5.02 Å². The molecule has 0 saturated carbocycles. The van der Waals surface area contributed by atoms with Gasteiger partial charge in [-0.1, -0.05) is 11.6 Å². The molecule has 0 aliphatic heterocycles. The Balaban J connectivity index is 2.58. The summed E-state index contributed by atoms with van der Waals surface area (Å²) in [5, 5.41) is 9.64. The molecule has 2 rings (SSSR count). The molecule has 0 amide bonds. The summed E-state index contributed by atoms with van der Waals surface area (Å²) in [7, 11) is 0. The van der Waals surface area contributed by atoms with Crippen LogP contribution < -0.4 is 5.73 Å². The van der Waals surface area contributed by atoms with Crippen molar-refractivity contribution in [1.29, 1.82) is 0 Å². The van der Waals surface area contributed by atoms with Crippen molar-refractivity contribution in [2.75, 3.05) is 5.73 Å². The molecule has 0 radical (unpaired) electrons. The molecule has 0 aliphatic carbocycles. The second kappa shape index (κ2) is 5.16. The second-order valence-corrected chi connectivity index (χ2v) is 4.12. The first-order valence-electron chi connectivity index (χ1n) is 5.27. The molecule has 1 aromatic carbocycles. The number of rotatable bonds is 3. The van der Waals surface area contributed by atoms with E-state index in [0.29, 0.717) is 21.8 Å². The van der Waals surface area contributed by atoms with Gasteiger partial charge < -0.3 is 10.8 Å². The molecule has 2 aromatic rings. The average molecular weight is 263 g/mol. The van der Waals surface area contributed by atoms with E-state index in [0.717, 1.165) is 0 Å². The van der Waals surface area contributed by atoms with Crippen LogP contribution in [-0.4, -0.2) is 15.9 Å². The minimum Gasteiger partial charge on any atom is -0.398 e. The summed E-state index contributed by atoms with van der Waals surface area (Å²) < 4.78 is 0. The minimum atomic E-state index is -0.337. The van der Waals surface area contributed by atoms with Crippen LogP contribution >= 0.6 is 11.6 Å².